The molecule has 6 heteroatoms. The van der Waals surface area contributed by atoms with Gasteiger partial charge in [-0.25, -0.2) is 0 Å². The number of likely N-dealkylation sites (N-methyl/N-ethyl adjacent to an activating group) is 1. The number of hydrogen-bond donors (Lipinski definition) is 0. The fourth-order valence-corrected chi connectivity index (χ4v) is 3.68. The summed E-state index contributed by atoms with van der Waals surface area (Å²) in [4.78, 5) is 25.4. The molecule has 2 heterocycles. The Morgan fingerprint density at radius 3 is 2.46 bits per heavy atom. The number of aromatic nitrogens is 1. The molecule has 0 radical (unpaired) electrons. The van der Waals surface area contributed by atoms with Crippen LogP contribution in [-0.4, -0.2) is 34.3 Å². The van der Waals surface area contributed by atoms with Crippen molar-refractivity contribution in [3.8, 4) is 11.4 Å². The van der Waals surface area contributed by atoms with E-state index >= 15 is 0 Å². The molecule has 0 atom stereocenters. The molecule has 1 aliphatic heterocycles. The van der Waals surface area contributed by atoms with Crippen molar-refractivity contribution in [3.05, 3.63) is 64.8 Å². The van der Waals surface area contributed by atoms with Gasteiger partial charge in [-0.3, -0.25) is 14.5 Å². The van der Waals surface area contributed by atoms with Crippen molar-refractivity contribution in [1.29, 1.82) is 0 Å². The van der Waals surface area contributed by atoms with Gasteiger partial charge in [-0.15, -0.1) is 0 Å². The molecule has 2 aromatic rings. The highest BCUT2D eigenvalue weighted by Gasteiger charge is 2.32. The molecule has 0 unspecified atom stereocenters. The maximum atomic E-state index is 12.1. The number of rotatable bonds is 5. The minimum atomic E-state index is -0.256. The van der Waals surface area contributed by atoms with Crippen molar-refractivity contribution in [2.45, 2.75) is 13.8 Å². The van der Waals surface area contributed by atoms with Crippen molar-refractivity contribution in [1.82, 2.24) is 9.47 Å². The van der Waals surface area contributed by atoms with Crippen LogP contribution in [0.5, 0.6) is 5.75 Å². The molecule has 26 heavy (non-hydrogen) atoms. The number of hydrogen-bond acceptors (Lipinski definition) is 4. The Morgan fingerprint density at radius 2 is 1.88 bits per heavy atom. The van der Waals surface area contributed by atoms with E-state index < -0.39 is 0 Å². The highest BCUT2D eigenvalue weighted by atomic mass is 32.2. The standard InChI is InChI=1S/C20H20N2O3S/c1-5-10-25-17-8-6-16(7-9-17)22-13(2)11-15(14(22)3)12-18-19(23)21(4)20(24)26-18/h5-9,11-12H,1,10H2,2-4H3/b18-12-. The summed E-state index contributed by atoms with van der Waals surface area (Å²) >= 11 is 0.970. The van der Waals surface area contributed by atoms with Gasteiger partial charge < -0.3 is 9.30 Å². The summed E-state index contributed by atoms with van der Waals surface area (Å²) in [5.74, 6) is 0.529. The molecular formula is C20H20N2O3S. The Morgan fingerprint density at radius 1 is 1.19 bits per heavy atom. The fraction of sp³-hybridized carbons (Fsp3) is 0.200. The third-order valence-electron chi connectivity index (χ3n) is 4.21. The van der Waals surface area contributed by atoms with Crippen molar-refractivity contribution >= 4 is 29.0 Å². The number of ether oxygens (including phenoxy) is 1. The van der Waals surface area contributed by atoms with Crippen LogP contribution in [0.25, 0.3) is 11.8 Å². The van der Waals surface area contributed by atoms with Crippen molar-refractivity contribution in [2.75, 3.05) is 13.7 Å². The van der Waals surface area contributed by atoms with Crippen LogP contribution >= 0.6 is 11.8 Å². The lowest BCUT2D eigenvalue weighted by Crippen LogP contribution is -2.22. The molecule has 0 spiro atoms. The van der Waals surface area contributed by atoms with E-state index in [-0.39, 0.29) is 11.1 Å². The molecule has 0 aliphatic carbocycles. The average molecular weight is 368 g/mol. The maximum absolute atomic E-state index is 12.1. The topological polar surface area (TPSA) is 51.5 Å². The second kappa shape index (κ2) is 7.25. The quantitative estimate of drug-likeness (QED) is 0.582. The van der Waals surface area contributed by atoms with Gasteiger partial charge in [0.15, 0.2) is 0 Å². The van der Waals surface area contributed by atoms with Gasteiger partial charge in [-0.2, -0.15) is 0 Å². The zero-order valence-corrected chi connectivity index (χ0v) is 15.8. The molecule has 1 aromatic heterocycles. The van der Waals surface area contributed by atoms with Crippen LogP contribution in [0, 0.1) is 13.8 Å². The Balaban J connectivity index is 1.93. The second-order valence-electron chi connectivity index (χ2n) is 6.00. The molecule has 5 nitrogen and oxygen atoms in total. The molecule has 1 saturated heterocycles. The SMILES string of the molecule is C=CCOc1ccc(-n2c(C)cc(/C=C3\SC(=O)N(C)C3=O)c2C)cc1. The van der Waals surface area contributed by atoms with Gasteiger partial charge in [0.1, 0.15) is 12.4 Å². The second-order valence-corrected chi connectivity index (χ2v) is 6.99. The first-order chi connectivity index (χ1) is 12.4. The first-order valence-electron chi connectivity index (χ1n) is 8.17. The minimum Gasteiger partial charge on any atom is -0.490 e. The lowest BCUT2D eigenvalue weighted by Gasteiger charge is -2.11. The molecule has 3 rings (SSSR count). The summed E-state index contributed by atoms with van der Waals surface area (Å²) in [5.41, 5.74) is 3.98. The van der Waals surface area contributed by atoms with Gasteiger partial charge in [0, 0.05) is 24.1 Å². The Kier molecular flexibility index (Phi) is 5.04. The maximum Gasteiger partial charge on any atom is 0.293 e. The summed E-state index contributed by atoms with van der Waals surface area (Å²) < 4.78 is 7.63. The number of benzene rings is 1. The van der Waals surface area contributed by atoms with Gasteiger partial charge in [0.2, 0.25) is 0 Å². The number of aryl methyl sites for hydroxylation is 1. The monoisotopic (exact) mass is 368 g/mol. The van der Waals surface area contributed by atoms with Crippen LogP contribution in [0.2, 0.25) is 0 Å². The summed E-state index contributed by atoms with van der Waals surface area (Å²) in [5, 5.41) is -0.245. The molecule has 1 fully saturated rings. The van der Waals surface area contributed by atoms with E-state index in [0.29, 0.717) is 11.5 Å². The fourth-order valence-electron chi connectivity index (χ4n) is 2.86. The lowest BCUT2D eigenvalue weighted by molar-refractivity contribution is -0.121. The molecule has 0 saturated carbocycles. The largest absolute Gasteiger partial charge is 0.490 e. The molecule has 0 bridgehead atoms. The lowest BCUT2D eigenvalue weighted by atomic mass is 10.2. The minimum absolute atomic E-state index is 0.245. The molecule has 2 amide bonds. The molecule has 1 aromatic carbocycles. The van der Waals surface area contributed by atoms with E-state index in [1.54, 1.807) is 12.2 Å². The molecule has 134 valence electrons. The van der Waals surface area contributed by atoms with Gasteiger partial charge in [0.05, 0.1) is 4.91 Å². The summed E-state index contributed by atoms with van der Waals surface area (Å²) in [6.45, 7) is 8.12. The van der Waals surface area contributed by atoms with Crippen molar-refractivity contribution in [3.63, 3.8) is 0 Å². The van der Waals surface area contributed by atoms with E-state index in [0.717, 1.165) is 45.1 Å². The third-order valence-corrected chi connectivity index (χ3v) is 5.17. The highest BCUT2D eigenvalue weighted by Crippen LogP contribution is 2.32. The van der Waals surface area contributed by atoms with Crippen molar-refractivity contribution < 1.29 is 14.3 Å². The zero-order valence-electron chi connectivity index (χ0n) is 15.0. The molecule has 0 N–H and O–H groups in total. The normalized spacial score (nSPS) is 15.8. The zero-order chi connectivity index (χ0) is 18.8. The average Bonchev–Trinajstić information content (AvgIpc) is 3.04. The number of carbonyl (C=O) groups excluding carboxylic acids is 2. The Hall–Kier alpha value is -2.73. The summed E-state index contributed by atoms with van der Waals surface area (Å²) in [6.07, 6.45) is 3.49. The van der Waals surface area contributed by atoms with Crippen LogP contribution in [0.3, 0.4) is 0 Å². The van der Waals surface area contributed by atoms with Gasteiger partial charge in [-0.05, 0) is 67.6 Å². The van der Waals surface area contributed by atoms with Gasteiger partial charge in [0.25, 0.3) is 11.1 Å². The number of carbonyl (C=O) groups is 2. The van der Waals surface area contributed by atoms with Crippen LogP contribution < -0.4 is 4.74 Å². The molecule has 1 aliphatic rings. The Bertz CT molecular complexity index is 910. The summed E-state index contributed by atoms with van der Waals surface area (Å²) in [7, 11) is 1.50. The Labute approximate surface area is 156 Å². The van der Waals surface area contributed by atoms with E-state index in [9.17, 15) is 9.59 Å². The number of nitrogens with zero attached hydrogens (tertiary/aromatic N) is 2. The van der Waals surface area contributed by atoms with Crippen molar-refractivity contribution in [2.24, 2.45) is 0 Å². The van der Waals surface area contributed by atoms with E-state index in [4.69, 9.17) is 4.74 Å². The number of amides is 2. The van der Waals surface area contributed by atoms with Crippen LogP contribution in [0.15, 0.2) is 47.9 Å². The first kappa shape index (κ1) is 18.1. The van der Waals surface area contributed by atoms with Crippen LogP contribution in [0.1, 0.15) is 17.0 Å². The third kappa shape index (κ3) is 3.32. The van der Waals surface area contributed by atoms with Gasteiger partial charge in [-0.1, -0.05) is 12.7 Å². The smallest absolute Gasteiger partial charge is 0.293 e. The number of imide groups is 1. The van der Waals surface area contributed by atoms with Gasteiger partial charge >= 0.3 is 0 Å². The van der Waals surface area contributed by atoms with Crippen LogP contribution in [0.4, 0.5) is 4.79 Å². The predicted molar refractivity (Wildman–Crippen MR) is 105 cm³/mol. The highest BCUT2D eigenvalue weighted by molar-refractivity contribution is 8.18. The van der Waals surface area contributed by atoms with Crippen LogP contribution in [-0.2, 0) is 4.79 Å². The van der Waals surface area contributed by atoms with E-state index in [2.05, 4.69) is 11.1 Å². The first-order valence-corrected chi connectivity index (χ1v) is 8.98. The predicted octanol–water partition coefficient (Wildman–Crippen LogP) is 4.33. The van der Waals surface area contributed by atoms with E-state index in [1.807, 2.05) is 44.2 Å². The van der Waals surface area contributed by atoms with E-state index in [1.165, 1.54) is 7.05 Å². The number of thioether (sulfide) groups is 1. The molecular weight excluding hydrogens is 348 g/mol. The summed E-state index contributed by atoms with van der Waals surface area (Å²) in [6, 6.07) is 9.82.